The predicted octanol–water partition coefficient (Wildman–Crippen LogP) is 3.69. The number of nitrogens with two attached hydrogens (primary N) is 1. The summed E-state index contributed by atoms with van der Waals surface area (Å²) in [7, 11) is -2.35. The van der Waals surface area contributed by atoms with Crippen LogP contribution in [0.25, 0.3) is 0 Å². The molecule has 1 atom stereocenters. The molecule has 1 aliphatic heterocycles. The van der Waals surface area contributed by atoms with E-state index in [4.69, 9.17) is 33.1 Å². The summed E-state index contributed by atoms with van der Waals surface area (Å²) >= 11 is 12.2. The third-order valence-electron chi connectivity index (χ3n) is 6.16. The quantitative estimate of drug-likeness (QED) is 0.464. The molecule has 0 amide bonds. The van der Waals surface area contributed by atoms with Crippen LogP contribution in [0.3, 0.4) is 0 Å². The van der Waals surface area contributed by atoms with Crippen molar-refractivity contribution in [3.05, 3.63) is 39.9 Å². The molecule has 1 aliphatic rings. The minimum atomic E-state index is -3.84. The van der Waals surface area contributed by atoms with E-state index in [1.54, 1.807) is 12.1 Å². The average molecular weight is 545 g/mol. The number of hydrogen-bond acceptors (Lipinski definition) is 8. The Morgan fingerprint density at radius 2 is 2.03 bits per heavy atom. The summed E-state index contributed by atoms with van der Waals surface area (Å²) in [5.41, 5.74) is 0.963. The first-order valence-electron chi connectivity index (χ1n) is 11.3. The van der Waals surface area contributed by atoms with E-state index in [0.29, 0.717) is 54.2 Å². The Labute approximate surface area is 216 Å². The number of Topliss-reactive ketones (excluding diaryl/α,β-unsaturated/α-hetero) is 1. The van der Waals surface area contributed by atoms with Gasteiger partial charge in [-0.25, -0.2) is 13.6 Å². The van der Waals surface area contributed by atoms with Crippen LogP contribution in [0.4, 0.5) is 11.6 Å². The van der Waals surface area contributed by atoms with Crippen LogP contribution in [0.1, 0.15) is 38.7 Å². The van der Waals surface area contributed by atoms with Crippen molar-refractivity contribution < 1.29 is 17.9 Å². The predicted molar refractivity (Wildman–Crippen MR) is 139 cm³/mol. The number of ether oxygens (including phenoxy) is 1. The highest BCUT2D eigenvalue weighted by Crippen LogP contribution is 2.29. The minimum Gasteiger partial charge on any atom is -0.467 e. The van der Waals surface area contributed by atoms with Gasteiger partial charge < -0.3 is 15.0 Å². The Kier molecular flexibility index (Phi) is 8.85. The fourth-order valence-corrected chi connectivity index (χ4v) is 4.77. The number of nitrogens with zero attached hydrogens (tertiary/aromatic N) is 3. The van der Waals surface area contributed by atoms with Crippen molar-refractivity contribution in [1.82, 2.24) is 9.97 Å². The largest absolute Gasteiger partial charge is 0.467 e. The van der Waals surface area contributed by atoms with Crippen molar-refractivity contribution in [2.45, 2.75) is 44.3 Å². The molecule has 3 N–H and O–H groups in total. The van der Waals surface area contributed by atoms with E-state index >= 15 is 0 Å². The number of ketones is 1. The summed E-state index contributed by atoms with van der Waals surface area (Å²) in [4.78, 5) is 23.8. The van der Waals surface area contributed by atoms with Crippen LogP contribution in [-0.2, 0) is 21.2 Å². The van der Waals surface area contributed by atoms with Crippen LogP contribution >= 0.6 is 23.2 Å². The summed E-state index contributed by atoms with van der Waals surface area (Å²) < 4.78 is 27.7. The van der Waals surface area contributed by atoms with E-state index in [1.165, 1.54) is 21.0 Å². The number of methoxy groups -OCH3 is 1. The number of halogens is 2. The average Bonchev–Trinajstić information content (AvgIpc) is 2.79. The molecule has 0 bridgehead atoms. The molecule has 1 saturated heterocycles. The fourth-order valence-electron chi connectivity index (χ4n) is 3.92. The van der Waals surface area contributed by atoms with E-state index in [2.05, 4.69) is 15.3 Å². The maximum Gasteiger partial charge on any atom is 0.320 e. The van der Waals surface area contributed by atoms with Gasteiger partial charge in [-0.1, -0.05) is 29.3 Å². The number of anilines is 2. The smallest absolute Gasteiger partial charge is 0.320 e. The molecule has 0 spiro atoms. The van der Waals surface area contributed by atoms with E-state index in [9.17, 15) is 13.2 Å². The number of carbonyl (C=O) groups is 1. The molecule has 1 aromatic heterocycles. The highest BCUT2D eigenvalue weighted by atomic mass is 35.5. The van der Waals surface area contributed by atoms with Gasteiger partial charge in [0.1, 0.15) is 17.4 Å². The SMILES string of the molecule is COc1nc(NCCc2ccc(Cl)cc2Cl)cc(N2CCCC(C(=O)CC(C)(C)S(N)(=O)=O)C2)n1. The van der Waals surface area contributed by atoms with Gasteiger partial charge in [0.05, 0.1) is 11.9 Å². The van der Waals surface area contributed by atoms with Gasteiger partial charge in [-0.15, -0.1) is 0 Å². The Hall–Kier alpha value is -2.14. The number of nitrogens with one attached hydrogen (secondary N) is 1. The fraction of sp³-hybridized carbons (Fsp3) is 0.522. The second-order valence-electron chi connectivity index (χ2n) is 9.24. The van der Waals surface area contributed by atoms with E-state index in [1.807, 2.05) is 17.0 Å². The third-order valence-corrected chi connectivity index (χ3v) is 8.43. The highest BCUT2D eigenvalue weighted by molar-refractivity contribution is 7.90. The van der Waals surface area contributed by atoms with Crippen LogP contribution in [0.2, 0.25) is 10.0 Å². The number of rotatable bonds is 10. The second-order valence-corrected chi connectivity index (χ2v) is 12.3. The van der Waals surface area contributed by atoms with Crippen molar-refractivity contribution in [3.63, 3.8) is 0 Å². The van der Waals surface area contributed by atoms with Crippen molar-refractivity contribution in [2.75, 3.05) is 37.0 Å². The maximum absolute atomic E-state index is 12.9. The number of primary sulfonamides is 1. The summed E-state index contributed by atoms with van der Waals surface area (Å²) in [6, 6.07) is 7.42. The number of piperidine rings is 1. The first-order chi connectivity index (χ1) is 16.4. The van der Waals surface area contributed by atoms with Crippen molar-refractivity contribution >= 4 is 50.6 Å². The lowest BCUT2D eigenvalue weighted by Crippen LogP contribution is -2.44. The molecule has 12 heteroatoms. The molecule has 0 saturated carbocycles. The van der Waals surface area contributed by atoms with E-state index in [0.717, 1.165) is 12.0 Å². The van der Waals surface area contributed by atoms with Gasteiger partial charge in [-0.2, -0.15) is 9.97 Å². The van der Waals surface area contributed by atoms with Crippen LogP contribution in [0.15, 0.2) is 24.3 Å². The zero-order valence-electron chi connectivity index (χ0n) is 20.1. The van der Waals surface area contributed by atoms with Gasteiger partial charge in [0.15, 0.2) is 0 Å². The summed E-state index contributed by atoms with van der Waals surface area (Å²) in [5.74, 6) is 0.787. The first kappa shape index (κ1) is 27.4. The monoisotopic (exact) mass is 543 g/mol. The van der Waals surface area contributed by atoms with Crippen LogP contribution in [-0.4, -0.2) is 55.7 Å². The van der Waals surface area contributed by atoms with Crippen molar-refractivity contribution in [3.8, 4) is 6.01 Å². The van der Waals surface area contributed by atoms with Crippen LogP contribution in [0, 0.1) is 5.92 Å². The minimum absolute atomic E-state index is 0.118. The van der Waals surface area contributed by atoms with E-state index in [-0.39, 0.29) is 24.1 Å². The maximum atomic E-state index is 12.9. The lowest BCUT2D eigenvalue weighted by molar-refractivity contribution is -0.123. The van der Waals surface area contributed by atoms with Gasteiger partial charge in [-0.05, 0) is 50.8 Å². The molecule has 35 heavy (non-hydrogen) atoms. The molecule has 1 fully saturated rings. The standard InChI is InChI=1S/C23H31Cl2N5O4S/c1-23(2,35(26,32)33)13-19(31)16-5-4-10-30(14-16)21-12-20(28-22(29-21)34-3)27-9-8-15-6-7-17(24)11-18(15)25/h6-7,11-12,16H,4-5,8-10,13-14H2,1-3H3,(H2,26,32,33)(H,27,28,29). The normalized spacial score (nSPS) is 16.7. The molecule has 1 aromatic carbocycles. The van der Waals surface area contributed by atoms with Crippen LogP contribution < -0.4 is 20.1 Å². The van der Waals surface area contributed by atoms with Crippen molar-refractivity contribution in [2.24, 2.45) is 11.1 Å². The zero-order chi connectivity index (χ0) is 25.8. The first-order valence-corrected chi connectivity index (χ1v) is 13.6. The van der Waals surface area contributed by atoms with Gasteiger partial charge in [-0.3, -0.25) is 4.79 Å². The lowest BCUT2D eigenvalue weighted by Gasteiger charge is -2.34. The summed E-state index contributed by atoms with van der Waals surface area (Å²) in [6.07, 6.45) is 2.00. The van der Waals surface area contributed by atoms with Gasteiger partial charge in [0, 0.05) is 48.1 Å². The molecule has 192 valence electrons. The van der Waals surface area contributed by atoms with Gasteiger partial charge in [0.2, 0.25) is 10.0 Å². The van der Waals surface area contributed by atoms with E-state index < -0.39 is 14.8 Å². The number of hydrogen-bond donors (Lipinski definition) is 2. The number of aromatic nitrogens is 2. The topological polar surface area (TPSA) is 128 Å². The second kappa shape index (κ2) is 11.3. The summed E-state index contributed by atoms with van der Waals surface area (Å²) in [6.45, 7) is 4.67. The molecule has 2 aromatic rings. The molecule has 1 unspecified atom stereocenters. The van der Waals surface area contributed by atoms with Gasteiger partial charge in [0.25, 0.3) is 0 Å². The lowest BCUT2D eigenvalue weighted by atomic mass is 9.89. The zero-order valence-corrected chi connectivity index (χ0v) is 22.4. The summed E-state index contributed by atoms with van der Waals surface area (Å²) in [5, 5.41) is 9.78. The molecular weight excluding hydrogens is 513 g/mol. The number of benzene rings is 1. The van der Waals surface area contributed by atoms with Crippen molar-refractivity contribution in [1.29, 1.82) is 0 Å². The molecular formula is C23H31Cl2N5O4S. The Morgan fingerprint density at radius 1 is 1.29 bits per heavy atom. The number of carbonyl (C=O) groups excluding carboxylic acids is 1. The Balaban J connectivity index is 1.69. The number of sulfonamides is 1. The molecule has 3 rings (SSSR count). The Bertz CT molecular complexity index is 1180. The Morgan fingerprint density at radius 3 is 2.69 bits per heavy atom. The molecule has 2 heterocycles. The highest BCUT2D eigenvalue weighted by Gasteiger charge is 2.37. The molecule has 9 nitrogen and oxygen atoms in total. The van der Waals surface area contributed by atoms with Gasteiger partial charge >= 0.3 is 6.01 Å². The van der Waals surface area contributed by atoms with Crippen LogP contribution in [0.5, 0.6) is 6.01 Å². The molecule has 0 aliphatic carbocycles. The molecule has 0 radical (unpaired) electrons. The third kappa shape index (κ3) is 7.19.